The Labute approximate surface area is 151 Å². The Hall–Kier alpha value is -1.55. The maximum atomic E-state index is 12.6. The van der Waals surface area contributed by atoms with Crippen LogP contribution in [-0.2, 0) is 0 Å². The van der Waals surface area contributed by atoms with E-state index in [0.29, 0.717) is 28.7 Å². The maximum absolute atomic E-state index is 12.6. The van der Waals surface area contributed by atoms with Crippen molar-refractivity contribution in [2.75, 3.05) is 13.1 Å². The van der Waals surface area contributed by atoms with E-state index in [1.807, 2.05) is 30.3 Å². The van der Waals surface area contributed by atoms with Gasteiger partial charge in [-0.15, -0.1) is 0 Å². The van der Waals surface area contributed by atoms with Gasteiger partial charge in [-0.05, 0) is 36.5 Å². The fourth-order valence-electron chi connectivity index (χ4n) is 3.18. The van der Waals surface area contributed by atoms with Gasteiger partial charge in [-0.3, -0.25) is 4.79 Å². The first kappa shape index (κ1) is 17.3. The Morgan fingerprint density at radius 3 is 2.38 bits per heavy atom. The number of carbonyl (C=O) groups excluding carboxylic acids is 1. The number of hydrogen-bond donors (Lipinski definition) is 1. The molecule has 1 saturated heterocycles. The van der Waals surface area contributed by atoms with Crippen molar-refractivity contribution in [2.45, 2.75) is 18.9 Å². The number of nitrogens with zero attached hydrogens (tertiary/aromatic N) is 1. The smallest absolute Gasteiger partial charge is 0.255 e. The van der Waals surface area contributed by atoms with Crippen LogP contribution in [0, 0.1) is 5.92 Å². The largest absolute Gasteiger partial charge is 0.388 e. The lowest BCUT2D eigenvalue weighted by Gasteiger charge is -2.34. The molecule has 2 aromatic rings. The van der Waals surface area contributed by atoms with Crippen LogP contribution in [0.1, 0.15) is 34.9 Å². The van der Waals surface area contributed by atoms with Gasteiger partial charge < -0.3 is 10.0 Å². The van der Waals surface area contributed by atoms with Crippen molar-refractivity contribution in [2.24, 2.45) is 5.92 Å². The number of benzene rings is 2. The first-order valence-corrected chi connectivity index (χ1v) is 8.80. The van der Waals surface area contributed by atoms with E-state index in [9.17, 15) is 9.90 Å². The number of halogens is 2. The molecular weight excluding hydrogens is 345 g/mol. The highest BCUT2D eigenvalue weighted by atomic mass is 35.5. The predicted molar refractivity (Wildman–Crippen MR) is 96.5 cm³/mol. The summed E-state index contributed by atoms with van der Waals surface area (Å²) in [6, 6.07) is 14.8. The summed E-state index contributed by atoms with van der Waals surface area (Å²) < 4.78 is 0. The third-order valence-electron chi connectivity index (χ3n) is 4.60. The highest BCUT2D eigenvalue weighted by molar-refractivity contribution is 6.43. The highest BCUT2D eigenvalue weighted by Gasteiger charge is 2.29. The summed E-state index contributed by atoms with van der Waals surface area (Å²) in [5.74, 6) is 0.0569. The number of aliphatic hydroxyl groups is 1. The van der Waals surface area contributed by atoms with Crippen LogP contribution in [0.2, 0.25) is 10.0 Å². The lowest BCUT2D eigenvalue weighted by Crippen LogP contribution is -2.39. The van der Waals surface area contributed by atoms with Crippen LogP contribution in [0.15, 0.2) is 48.5 Å². The molecule has 1 aliphatic heterocycles. The third kappa shape index (κ3) is 3.59. The van der Waals surface area contributed by atoms with E-state index in [1.54, 1.807) is 23.1 Å². The normalized spacial score (nSPS) is 16.9. The molecule has 1 fully saturated rings. The zero-order chi connectivity index (χ0) is 17.1. The summed E-state index contributed by atoms with van der Waals surface area (Å²) in [7, 11) is 0. The molecule has 0 bridgehead atoms. The van der Waals surface area contributed by atoms with Gasteiger partial charge in [0.2, 0.25) is 0 Å². The molecule has 0 saturated carbocycles. The summed E-state index contributed by atoms with van der Waals surface area (Å²) in [6.07, 6.45) is 1.04. The van der Waals surface area contributed by atoms with Crippen LogP contribution in [0.4, 0.5) is 0 Å². The molecule has 5 heteroatoms. The van der Waals surface area contributed by atoms with E-state index in [-0.39, 0.29) is 11.8 Å². The molecular formula is C19H19Cl2NO2. The molecule has 0 radical (unpaired) electrons. The Morgan fingerprint density at radius 2 is 1.71 bits per heavy atom. The van der Waals surface area contributed by atoms with E-state index < -0.39 is 6.10 Å². The van der Waals surface area contributed by atoms with E-state index in [1.165, 1.54) is 0 Å². The molecule has 1 aliphatic rings. The van der Waals surface area contributed by atoms with Gasteiger partial charge in [0.15, 0.2) is 0 Å². The molecule has 1 atom stereocenters. The Bertz CT molecular complexity index is 713. The zero-order valence-corrected chi connectivity index (χ0v) is 14.7. The van der Waals surface area contributed by atoms with Crippen molar-refractivity contribution in [3.63, 3.8) is 0 Å². The maximum Gasteiger partial charge on any atom is 0.255 e. The molecule has 1 unspecified atom stereocenters. The van der Waals surface area contributed by atoms with Gasteiger partial charge in [-0.25, -0.2) is 0 Å². The summed E-state index contributed by atoms with van der Waals surface area (Å²) in [5.41, 5.74) is 1.37. The van der Waals surface area contributed by atoms with E-state index in [2.05, 4.69) is 0 Å². The topological polar surface area (TPSA) is 40.5 Å². The van der Waals surface area contributed by atoms with Gasteiger partial charge >= 0.3 is 0 Å². The molecule has 3 nitrogen and oxygen atoms in total. The van der Waals surface area contributed by atoms with E-state index in [0.717, 1.165) is 18.4 Å². The van der Waals surface area contributed by atoms with Gasteiger partial charge in [-0.1, -0.05) is 59.6 Å². The highest BCUT2D eigenvalue weighted by Crippen LogP contribution is 2.32. The summed E-state index contributed by atoms with van der Waals surface area (Å²) in [5, 5.41) is 11.2. The number of piperidine rings is 1. The summed E-state index contributed by atoms with van der Waals surface area (Å²) >= 11 is 12.1. The van der Waals surface area contributed by atoms with Crippen molar-refractivity contribution in [3.05, 3.63) is 69.7 Å². The first-order valence-electron chi connectivity index (χ1n) is 8.04. The van der Waals surface area contributed by atoms with Gasteiger partial charge in [0.1, 0.15) is 0 Å². The number of carbonyl (C=O) groups is 1. The van der Waals surface area contributed by atoms with Crippen LogP contribution in [0.5, 0.6) is 0 Å². The Morgan fingerprint density at radius 1 is 1.04 bits per heavy atom. The van der Waals surface area contributed by atoms with Gasteiger partial charge in [0.05, 0.1) is 21.7 Å². The molecule has 2 aromatic carbocycles. The predicted octanol–water partition coefficient (Wildman–Crippen LogP) is 4.58. The fourth-order valence-corrected chi connectivity index (χ4v) is 3.56. The minimum Gasteiger partial charge on any atom is -0.388 e. The second-order valence-electron chi connectivity index (χ2n) is 6.09. The van der Waals surface area contributed by atoms with Crippen molar-refractivity contribution in [1.82, 2.24) is 4.90 Å². The Balaban J connectivity index is 1.65. The van der Waals surface area contributed by atoms with Crippen LogP contribution in [0.3, 0.4) is 0 Å². The minimum atomic E-state index is -0.488. The number of hydrogen-bond acceptors (Lipinski definition) is 2. The minimum absolute atomic E-state index is 0.102. The molecule has 0 spiro atoms. The molecule has 126 valence electrons. The van der Waals surface area contributed by atoms with Crippen molar-refractivity contribution < 1.29 is 9.90 Å². The average molecular weight is 364 g/mol. The molecule has 3 rings (SSSR count). The summed E-state index contributed by atoms with van der Waals surface area (Å²) in [4.78, 5) is 14.4. The quantitative estimate of drug-likeness (QED) is 0.866. The van der Waals surface area contributed by atoms with E-state index in [4.69, 9.17) is 23.2 Å². The van der Waals surface area contributed by atoms with Gasteiger partial charge in [-0.2, -0.15) is 0 Å². The average Bonchev–Trinajstić information content (AvgIpc) is 2.64. The van der Waals surface area contributed by atoms with Crippen molar-refractivity contribution >= 4 is 29.1 Å². The summed E-state index contributed by atoms with van der Waals surface area (Å²) in [6.45, 7) is 1.21. The first-order chi connectivity index (χ1) is 11.6. The third-order valence-corrected chi connectivity index (χ3v) is 5.42. The lowest BCUT2D eigenvalue weighted by molar-refractivity contribution is 0.0462. The molecule has 1 amide bonds. The zero-order valence-electron chi connectivity index (χ0n) is 13.2. The van der Waals surface area contributed by atoms with Crippen LogP contribution < -0.4 is 0 Å². The lowest BCUT2D eigenvalue weighted by atomic mass is 9.87. The van der Waals surface area contributed by atoms with Crippen molar-refractivity contribution in [1.29, 1.82) is 0 Å². The molecule has 1 N–H and O–H groups in total. The van der Waals surface area contributed by atoms with Crippen molar-refractivity contribution in [3.8, 4) is 0 Å². The molecule has 0 aliphatic carbocycles. The Kier molecular flexibility index (Phi) is 5.44. The fraction of sp³-hybridized carbons (Fsp3) is 0.316. The number of rotatable bonds is 3. The SMILES string of the molecule is O=C(c1cccc(Cl)c1Cl)N1CCC(C(O)c2ccccc2)CC1. The number of likely N-dealkylation sites (tertiary alicyclic amines) is 1. The van der Waals surface area contributed by atoms with Crippen LogP contribution in [0.25, 0.3) is 0 Å². The second-order valence-corrected chi connectivity index (χ2v) is 6.87. The number of aliphatic hydroxyl groups excluding tert-OH is 1. The van der Waals surface area contributed by atoms with E-state index >= 15 is 0 Å². The molecule has 0 aromatic heterocycles. The van der Waals surface area contributed by atoms with Gasteiger partial charge in [0, 0.05) is 13.1 Å². The molecule has 1 heterocycles. The second kappa shape index (κ2) is 7.56. The standard InChI is InChI=1S/C19H19Cl2NO2/c20-16-8-4-7-15(17(16)21)19(24)22-11-9-14(10-12-22)18(23)13-5-2-1-3-6-13/h1-8,14,18,23H,9-12H2. The van der Waals surface area contributed by atoms with Gasteiger partial charge in [0.25, 0.3) is 5.91 Å². The molecule has 24 heavy (non-hydrogen) atoms. The van der Waals surface area contributed by atoms with Crippen LogP contribution in [-0.4, -0.2) is 29.0 Å². The monoisotopic (exact) mass is 363 g/mol. The van der Waals surface area contributed by atoms with Crippen LogP contribution >= 0.6 is 23.2 Å². The number of amides is 1.